The van der Waals surface area contributed by atoms with Gasteiger partial charge in [0.05, 0.1) is 6.33 Å². The van der Waals surface area contributed by atoms with Crippen LogP contribution in [0.2, 0.25) is 0 Å². The van der Waals surface area contributed by atoms with E-state index in [1.54, 1.807) is 12.2 Å². The topological polar surface area (TPSA) is 145 Å². The van der Waals surface area contributed by atoms with Gasteiger partial charge in [0.25, 0.3) is 0 Å². The molecule has 0 amide bonds. The highest BCUT2D eigenvalue weighted by atomic mass is 16.6. The van der Waals surface area contributed by atoms with Gasteiger partial charge in [-0.2, -0.15) is 0 Å². The third kappa shape index (κ3) is 2.25. The molecule has 2 aromatic rings. The Morgan fingerprint density at radius 3 is 2.86 bits per heavy atom. The van der Waals surface area contributed by atoms with E-state index in [1.165, 1.54) is 17.2 Å². The van der Waals surface area contributed by atoms with Gasteiger partial charge >= 0.3 is 0 Å². The van der Waals surface area contributed by atoms with Crippen LogP contribution < -0.4 is 11.5 Å². The van der Waals surface area contributed by atoms with Crippen molar-refractivity contribution < 1.29 is 14.9 Å². The molecule has 6 N–H and O–H groups in total. The monoisotopic (exact) mass is 292 g/mol. The van der Waals surface area contributed by atoms with Gasteiger partial charge in [-0.15, -0.1) is 0 Å². The second kappa shape index (κ2) is 5.37. The lowest BCUT2D eigenvalue weighted by Gasteiger charge is -2.16. The summed E-state index contributed by atoms with van der Waals surface area (Å²) >= 11 is 0. The molecule has 0 saturated carbocycles. The van der Waals surface area contributed by atoms with E-state index in [0.717, 1.165) is 0 Å². The summed E-state index contributed by atoms with van der Waals surface area (Å²) in [4.78, 5) is 12.1. The van der Waals surface area contributed by atoms with Crippen LogP contribution in [0.5, 0.6) is 0 Å². The maximum atomic E-state index is 10.2. The van der Waals surface area contributed by atoms with Crippen LogP contribution in [0.25, 0.3) is 11.2 Å². The lowest BCUT2D eigenvalue weighted by molar-refractivity contribution is -0.0245. The summed E-state index contributed by atoms with van der Waals surface area (Å²) in [7, 11) is 0. The van der Waals surface area contributed by atoms with Crippen molar-refractivity contribution in [1.82, 2.24) is 19.5 Å². The number of fused-ring (bicyclic) bond motifs is 1. The molecule has 2 aromatic heterocycles. The Labute approximate surface area is 119 Å². The fourth-order valence-corrected chi connectivity index (χ4v) is 2.34. The fraction of sp³-hybridized carbons (Fsp3) is 0.417. The highest BCUT2D eigenvalue weighted by molar-refractivity contribution is 5.81. The molecule has 9 heteroatoms. The van der Waals surface area contributed by atoms with E-state index >= 15 is 0 Å². The van der Waals surface area contributed by atoms with Crippen LogP contribution in [0.4, 0.5) is 5.82 Å². The van der Waals surface area contributed by atoms with Crippen molar-refractivity contribution in [2.45, 2.75) is 24.5 Å². The molecule has 3 rings (SSSR count). The van der Waals surface area contributed by atoms with Crippen LogP contribution >= 0.6 is 0 Å². The van der Waals surface area contributed by atoms with E-state index in [4.69, 9.17) is 16.2 Å². The molecule has 4 unspecified atom stereocenters. The SMILES string of the molecule is NCC=CC1OC(n2cnc3c(N)ncnc32)C(O)C1O. The number of rotatable bonds is 3. The largest absolute Gasteiger partial charge is 0.387 e. The van der Waals surface area contributed by atoms with Gasteiger partial charge in [0.1, 0.15) is 30.2 Å². The van der Waals surface area contributed by atoms with Crippen LogP contribution in [0.15, 0.2) is 24.8 Å². The molecule has 0 aromatic carbocycles. The van der Waals surface area contributed by atoms with Crippen molar-refractivity contribution in [3.05, 3.63) is 24.8 Å². The predicted molar refractivity (Wildman–Crippen MR) is 73.9 cm³/mol. The van der Waals surface area contributed by atoms with Crippen molar-refractivity contribution in [3.63, 3.8) is 0 Å². The molecule has 21 heavy (non-hydrogen) atoms. The summed E-state index contributed by atoms with van der Waals surface area (Å²) in [5.74, 6) is 0.242. The quantitative estimate of drug-likeness (QED) is 0.502. The Morgan fingerprint density at radius 1 is 1.29 bits per heavy atom. The number of nitrogens with zero attached hydrogens (tertiary/aromatic N) is 4. The summed E-state index contributed by atoms with van der Waals surface area (Å²) in [6, 6.07) is 0. The van der Waals surface area contributed by atoms with Crippen molar-refractivity contribution in [3.8, 4) is 0 Å². The Bertz CT molecular complexity index is 672. The zero-order valence-corrected chi connectivity index (χ0v) is 11.1. The number of aromatic nitrogens is 4. The summed E-state index contributed by atoms with van der Waals surface area (Å²) < 4.78 is 7.19. The van der Waals surface area contributed by atoms with Crippen LogP contribution in [0, 0.1) is 0 Å². The standard InChI is InChI=1S/C12H16N6O3/c13-3-1-2-6-8(19)9(20)12(21-6)18-5-17-7-10(14)15-4-16-11(7)18/h1-2,4-6,8-9,12,19-20H,3,13H2,(H2,14,15,16). The minimum atomic E-state index is -1.12. The average molecular weight is 292 g/mol. The van der Waals surface area contributed by atoms with E-state index in [1.807, 2.05) is 0 Å². The zero-order chi connectivity index (χ0) is 15.0. The van der Waals surface area contributed by atoms with Crippen molar-refractivity contribution in [2.24, 2.45) is 5.73 Å². The van der Waals surface area contributed by atoms with E-state index in [0.29, 0.717) is 17.7 Å². The molecule has 0 aliphatic carbocycles. The Balaban J connectivity index is 1.96. The van der Waals surface area contributed by atoms with Crippen molar-refractivity contribution >= 4 is 17.0 Å². The molecule has 1 saturated heterocycles. The number of aliphatic hydroxyl groups excluding tert-OH is 2. The molecule has 3 heterocycles. The lowest BCUT2D eigenvalue weighted by Crippen LogP contribution is -2.30. The fourth-order valence-electron chi connectivity index (χ4n) is 2.34. The number of hydrogen-bond donors (Lipinski definition) is 4. The maximum absolute atomic E-state index is 10.2. The first-order valence-electron chi connectivity index (χ1n) is 6.45. The van der Waals surface area contributed by atoms with E-state index < -0.39 is 24.5 Å². The van der Waals surface area contributed by atoms with Gasteiger partial charge in [-0.3, -0.25) is 4.57 Å². The number of imidazole rings is 1. The molecule has 0 radical (unpaired) electrons. The molecule has 1 aliphatic heterocycles. The zero-order valence-electron chi connectivity index (χ0n) is 11.1. The van der Waals surface area contributed by atoms with Gasteiger partial charge in [0, 0.05) is 6.54 Å². The Kier molecular flexibility index (Phi) is 3.55. The first-order valence-corrected chi connectivity index (χ1v) is 6.45. The maximum Gasteiger partial charge on any atom is 0.167 e. The highest BCUT2D eigenvalue weighted by Gasteiger charge is 2.43. The van der Waals surface area contributed by atoms with Gasteiger partial charge < -0.3 is 26.4 Å². The van der Waals surface area contributed by atoms with Crippen LogP contribution in [0.3, 0.4) is 0 Å². The van der Waals surface area contributed by atoms with Gasteiger partial charge in [0.2, 0.25) is 0 Å². The highest BCUT2D eigenvalue weighted by Crippen LogP contribution is 2.32. The van der Waals surface area contributed by atoms with Crippen molar-refractivity contribution in [1.29, 1.82) is 0 Å². The number of ether oxygens (including phenoxy) is 1. The summed E-state index contributed by atoms with van der Waals surface area (Å²) in [5.41, 5.74) is 11.9. The normalized spacial score (nSPS) is 29.7. The molecule has 1 aliphatic rings. The third-order valence-corrected chi connectivity index (χ3v) is 3.40. The summed E-state index contributed by atoms with van der Waals surface area (Å²) in [5, 5.41) is 20.2. The number of nitrogens with two attached hydrogens (primary N) is 2. The second-order valence-corrected chi connectivity index (χ2v) is 4.72. The molecule has 9 nitrogen and oxygen atoms in total. The smallest absolute Gasteiger partial charge is 0.167 e. The molecule has 0 spiro atoms. The minimum absolute atomic E-state index is 0.242. The number of anilines is 1. The first-order chi connectivity index (χ1) is 10.1. The van der Waals surface area contributed by atoms with E-state index in [-0.39, 0.29) is 5.82 Å². The molecule has 1 fully saturated rings. The molecular weight excluding hydrogens is 276 g/mol. The Morgan fingerprint density at radius 2 is 2.10 bits per heavy atom. The van der Waals surface area contributed by atoms with Gasteiger partial charge in [0.15, 0.2) is 17.7 Å². The lowest BCUT2D eigenvalue weighted by atomic mass is 10.1. The van der Waals surface area contributed by atoms with E-state index in [9.17, 15) is 10.2 Å². The molecule has 112 valence electrons. The summed E-state index contributed by atoms with van der Waals surface area (Å²) in [6.07, 6.45) is 2.40. The summed E-state index contributed by atoms with van der Waals surface area (Å²) in [6.45, 7) is 0.325. The van der Waals surface area contributed by atoms with Crippen LogP contribution in [-0.4, -0.2) is 54.6 Å². The number of nitrogen functional groups attached to an aromatic ring is 1. The number of aliphatic hydroxyl groups is 2. The predicted octanol–water partition coefficient (Wildman–Crippen LogP) is -1.46. The van der Waals surface area contributed by atoms with Gasteiger partial charge in [-0.25, -0.2) is 15.0 Å². The van der Waals surface area contributed by atoms with Gasteiger partial charge in [-0.05, 0) is 0 Å². The number of hydrogen-bond acceptors (Lipinski definition) is 8. The average Bonchev–Trinajstić information content (AvgIpc) is 3.02. The molecule has 4 atom stereocenters. The van der Waals surface area contributed by atoms with Crippen LogP contribution in [-0.2, 0) is 4.74 Å². The van der Waals surface area contributed by atoms with E-state index in [2.05, 4.69) is 15.0 Å². The van der Waals surface area contributed by atoms with Gasteiger partial charge in [-0.1, -0.05) is 12.2 Å². The van der Waals surface area contributed by atoms with Crippen molar-refractivity contribution in [2.75, 3.05) is 12.3 Å². The third-order valence-electron chi connectivity index (χ3n) is 3.40. The second-order valence-electron chi connectivity index (χ2n) is 4.72. The first kappa shape index (κ1) is 13.9. The van der Waals surface area contributed by atoms with Crippen LogP contribution in [0.1, 0.15) is 6.23 Å². The molecular formula is C12H16N6O3. The molecule has 0 bridgehead atoms. The minimum Gasteiger partial charge on any atom is -0.387 e. The Hall–Kier alpha value is -2.07.